The molecule has 0 spiro atoms. The standard InChI is InChI=1S/C24H24ClF3N6O2/c1-12(2)31-23(36)18-19(13(3)9-15-11-30-34(5)20(15)18)33-22(35)17(10-14(4)24(26,27)28)32-21-16(25)7-6-8-29-21/h6-12H,4H2,1-3,5H3,(H,29,32)(H,31,36)(H,33,35)/b17-10-. The number of aryl methyl sites for hydroxylation is 2. The van der Waals surface area contributed by atoms with Crippen LogP contribution >= 0.6 is 11.6 Å². The highest BCUT2D eigenvalue weighted by atomic mass is 35.5. The van der Waals surface area contributed by atoms with E-state index in [9.17, 15) is 22.8 Å². The molecule has 0 atom stereocenters. The number of nitrogens with zero attached hydrogens (tertiary/aromatic N) is 3. The second kappa shape index (κ2) is 10.4. The van der Waals surface area contributed by atoms with Gasteiger partial charge in [0.25, 0.3) is 11.8 Å². The summed E-state index contributed by atoms with van der Waals surface area (Å²) in [6.07, 6.45) is -1.31. The first-order valence-corrected chi connectivity index (χ1v) is 11.1. The number of carbonyl (C=O) groups excluding carboxylic acids is 2. The highest BCUT2D eigenvalue weighted by Crippen LogP contribution is 2.32. The molecule has 8 nitrogen and oxygen atoms in total. The molecular formula is C24H24ClF3N6O2. The van der Waals surface area contributed by atoms with Crippen molar-refractivity contribution in [2.75, 3.05) is 10.6 Å². The van der Waals surface area contributed by atoms with Crippen LogP contribution in [-0.2, 0) is 11.8 Å². The van der Waals surface area contributed by atoms with Crippen molar-refractivity contribution in [2.24, 2.45) is 7.05 Å². The van der Waals surface area contributed by atoms with Crippen molar-refractivity contribution in [3.63, 3.8) is 0 Å². The van der Waals surface area contributed by atoms with E-state index in [0.29, 0.717) is 22.5 Å². The summed E-state index contributed by atoms with van der Waals surface area (Å²) >= 11 is 6.08. The Bertz CT molecular complexity index is 1380. The lowest BCUT2D eigenvalue weighted by Gasteiger charge is -2.19. The summed E-state index contributed by atoms with van der Waals surface area (Å²) in [5.41, 5.74) is -0.618. The molecule has 36 heavy (non-hydrogen) atoms. The van der Waals surface area contributed by atoms with Crippen molar-refractivity contribution in [1.82, 2.24) is 20.1 Å². The normalized spacial score (nSPS) is 12.1. The van der Waals surface area contributed by atoms with Gasteiger partial charge < -0.3 is 16.0 Å². The Morgan fingerprint density at radius 1 is 1.25 bits per heavy atom. The van der Waals surface area contributed by atoms with Gasteiger partial charge in [0.2, 0.25) is 0 Å². The van der Waals surface area contributed by atoms with Crippen LogP contribution in [0.5, 0.6) is 0 Å². The molecule has 3 aromatic rings. The maximum absolute atomic E-state index is 13.3. The van der Waals surface area contributed by atoms with Crippen LogP contribution in [0.3, 0.4) is 0 Å². The molecule has 2 aromatic heterocycles. The Morgan fingerprint density at radius 2 is 1.94 bits per heavy atom. The summed E-state index contributed by atoms with van der Waals surface area (Å²) in [7, 11) is 1.64. The highest BCUT2D eigenvalue weighted by Gasteiger charge is 2.32. The second-order valence-electron chi connectivity index (χ2n) is 8.27. The van der Waals surface area contributed by atoms with E-state index in [1.807, 2.05) is 0 Å². The molecule has 0 aliphatic rings. The monoisotopic (exact) mass is 520 g/mol. The maximum atomic E-state index is 13.3. The van der Waals surface area contributed by atoms with Gasteiger partial charge in [-0.25, -0.2) is 4.98 Å². The third-order valence-corrected chi connectivity index (χ3v) is 5.35. The number of fused-ring (bicyclic) bond motifs is 1. The predicted molar refractivity (Wildman–Crippen MR) is 133 cm³/mol. The van der Waals surface area contributed by atoms with Crippen molar-refractivity contribution in [3.05, 3.63) is 70.7 Å². The van der Waals surface area contributed by atoms with E-state index in [2.05, 4.69) is 32.6 Å². The molecule has 12 heteroatoms. The van der Waals surface area contributed by atoms with Gasteiger partial charge in [-0.15, -0.1) is 0 Å². The zero-order valence-electron chi connectivity index (χ0n) is 19.9. The number of amides is 2. The summed E-state index contributed by atoms with van der Waals surface area (Å²) in [5, 5.41) is 12.8. The number of rotatable bonds is 7. The van der Waals surface area contributed by atoms with Crippen molar-refractivity contribution in [1.29, 1.82) is 0 Å². The van der Waals surface area contributed by atoms with Gasteiger partial charge in [0.05, 0.1) is 33.6 Å². The molecule has 0 saturated carbocycles. The van der Waals surface area contributed by atoms with Crippen molar-refractivity contribution >= 4 is 45.8 Å². The van der Waals surface area contributed by atoms with E-state index in [1.54, 1.807) is 40.1 Å². The largest absolute Gasteiger partial charge is 0.415 e. The molecule has 0 aliphatic carbocycles. The van der Waals surface area contributed by atoms with E-state index >= 15 is 0 Å². The van der Waals surface area contributed by atoms with Crippen LogP contribution < -0.4 is 16.0 Å². The lowest BCUT2D eigenvalue weighted by Crippen LogP contribution is -2.32. The Morgan fingerprint density at radius 3 is 2.56 bits per heavy atom. The summed E-state index contributed by atoms with van der Waals surface area (Å²) in [6, 6.07) is 4.48. The molecular weight excluding hydrogens is 497 g/mol. The van der Waals surface area contributed by atoms with Crippen molar-refractivity contribution in [3.8, 4) is 0 Å². The molecule has 0 unspecified atom stereocenters. The topological polar surface area (TPSA) is 101 Å². The maximum Gasteiger partial charge on any atom is 0.415 e. The van der Waals surface area contributed by atoms with Crippen LogP contribution in [-0.4, -0.2) is 38.8 Å². The zero-order valence-corrected chi connectivity index (χ0v) is 20.7. The third-order valence-electron chi connectivity index (χ3n) is 5.04. The summed E-state index contributed by atoms with van der Waals surface area (Å²) in [4.78, 5) is 30.5. The molecule has 0 fully saturated rings. The number of halogens is 4. The Labute approximate surface area is 210 Å². The minimum absolute atomic E-state index is 0.0351. The SMILES string of the molecule is C=C(/C=C(\Nc1ncccc1Cl)C(=O)Nc1c(C)cc2cnn(C)c2c1C(=O)NC(C)C)C(F)(F)F. The Kier molecular flexibility index (Phi) is 7.73. The molecule has 3 N–H and O–H groups in total. The van der Waals surface area contributed by atoms with E-state index < -0.39 is 29.3 Å². The second-order valence-corrected chi connectivity index (χ2v) is 8.68. The van der Waals surface area contributed by atoms with Crippen LogP contribution in [0.4, 0.5) is 24.7 Å². The molecule has 2 amide bonds. The molecule has 0 bridgehead atoms. The minimum Gasteiger partial charge on any atom is -0.350 e. The smallest absolute Gasteiger partial charge is 0.350 e. The fourth-order valence-corrected chi connectivity index (χ4v) is 3.57. The van der Waals surface area contributed by atoms with Crippen molar-refractivity contribution < 1.29 is 22.8 Å². The van der Waals surface area contributed by atoms with Crippen LogP contribution in [0.1, 0.15) is 29.8 Å². The first kappa shape index (κ1) is 26.7. The summed E-state index contributed by atoms with van der Waals surface area (Å²) in [5.74, 6) is -1.49. The molecule has 0 saturated heterocycles. The molecule has 190 valence electrons. The van der Waals surface area contributed by atoms with Gasteiger partial charge >= 0.3 is 6.18 Å². The van der Waals surface area contributed by atoms with E-state index in [0.717, 1.165) is 0 Å². The predicted octanol–water partition coefficient (Wildman–Crippen LogP) is 5.12. The van der Waals surface area contributed by atoms with Crippen LogP contribution in [0, 0.1) is 6.92 Å². The third kappa shape index (κ3) is 5.85. The number of hydrogen-bond donors (Lipinski definition) is 3. The number of pyridine rings is 1. The Hall–Kier alpha value is -3.86. The number of aromatic nitrogens is 3. The van der Waals surface area contributed by atoms with Crippen LogP contribution in [0.25, 0.3) is 10.9 Å². The van der Waals surface area contributed by atoms with Gasteiger partial charge in [0, 0.05) is 24.7 Å². The summed E-state index contributed by atoms with van der Waals surface area (Å²) in [6.45, 7) is 8.22. The number of hydrogen-bond acceptors (Lipinski definition) is 5. The first-order chi connectivity index (χ1) is 16.8. The van der Waals surface area contributed by atoms with E-state index in [4.69, 9.17) is 11.6 Å². The minimum atomic E-state index is -4.78. The molecule has 0 aliphatic heterocycles. The number of anilines is 2. The summed E-state index contributed by atoms with van der Waals surface area (Å²) < 4.78 is 41.2. The average molecular weight is 521 g/mol. The fraction of sp³-hybridized carbons (Fsp3) is 0.250. The number of carbonyl (C=O) groups is 2. The Balaban J connectivity index is 2.12. The van der Waals surface area contributed by atoms with Gasteiger partial charge in [0.15, 0.2) is 0 Å². The van der Waals surface area contributed by atoms with Gasteiger partial charge in [-0.1, -0.05) is 18.2 Å². The van der Waals surface area contributed by atoms with Gasteiger partial charge in [-0.2, -0.15) is 18.3 Å². The number of benzene rings is 1. The number of alkyl halides is 3. The zero-order chi connectivity index (χ0) is 26.8. The van der Waals surface area contributed by atoms with E-state index in [-0.39, 0.29) is 28.1 Å². The van der Waals surface area contributed by atoms with E-state index in [1.165, 1.54) is 23.0 Å². The number of allylic oxidation sites excluding steroid dienone is 2. The lowest BCUT2D eigenvalue weighted by molar-refractivity contribution is -0.112. The molecule has 0 radical (unpaired) electrons. The molecule has 2 heterocycles. The first-order valence-electron chi connectivity index (χ1n) is 10.7. The van der Waals surface area contributed by atoms with Crippen molar-refractivity contribution in [2.45, 2.75) is 33.0 Å². The molecule has 3 rings (SSSR count). The van der Waals surface area contributed by atoms with Crippen LogP contribution in [0.15, 0.2) is 54.5 Å². The quantitative estimate of drug-likeness (QED) is 0.296. The van der Waals surface area contributed by atoms with Gasteiger partial charge in [-0.3, -0.25) is 14.3 Å². The van der Waals surface area contributed by atoms with Gasteiger partial charge in [0.1, 0.15) is 11.5 Å². The number of nitrogens with one attached hydrogen (secondary N) is 3. The lowest BCUT2D eigenvalue weighted by atomic mass is 10.0. The average Bonchev–Trinajstić information content (AvgIpc) is 3.13. The molecule has 1 aromatic carbocycles. The van der Waals surface area contributed by atoms with Crippen LogP contribution in [0.2, 0.25) is 5.02 Å². The fourth-order valence-electron chi connectivity index (χ4n) is 3.40. The van der Waals surface area contributed by atoms with Gasteiger partial charge in [-0.05, 0) is 50.6 Å². The highest BCUT2D eigenvalue weighted by molar-refractivity contribution is 6.33.